The zero-order valence-electron chi connectivity index (χ0n) is 14.2. The largest absolute Gasteiger partial charge is 0.459 e. The van der Waals surface area contributed by atoms with E-state index < -0.39 is 18.3 Å². The number of rotatable bonds is 4. The molecule has 0 spiro atoms. The fourth-order valence-electron chi connectivity index (χ4n) is 2.93. The Labute approximate surface area is 139 Å². The first-order chi connectivity index (χ1) is 11.0. The van der Waals surface area contributed by atoms with E-state index in [1.165, 1.54) is 6.08 Å². The molecule has 0 bridgehead atoms. The van der Waals surface area contributed by atoms with Crippen LogP contribution in [0.5, 0.6) is 0 Å². The Hall–Kier alpha value is -0.910. The third kappa shape index (κ3) is 9.74. The Morgan fingerprint density at radius 2 is 1.83 bits per heavy atom. The zero-order valence-corrected chi connectivity index (χ0v) is 14.2. The summed E-state index contributed by atoms with van der Waals surface area (Å²) < 4.78 is 5.50. The summed E-state index contributed by atoms with van der Waals surface area (Å²) in [5, 5.41) is 29.6. The van der Waals surface area contributed by atoms with Crippen molar-refractivity contribution in [3.8, 4) is 0 Å². The Morgan fingerprint density at radius 3 is 2.57 bits per heavy atom. The molecule has 134 valence electrons. The number of hydrogen-bond donors (Lipinski definition) is 3. The van der Waals surface area contributed by atoms with Crippen LogP contribution in [0.3, 0.4) is 0 Å². The predicted molar refractivity (Wildman–Crippen MR) is 88.9 cm³/mol. The van der Waals surface area contributed by atoms with Crippen molar-refractivity contribution in [3.63, 3.8) is 0 Å². The van der Waals surface area contributed by atoms with Gasteiger partial charge in [-0.15, -0.1) is 0 Å². The van der Waals surface area contributed by atoms with Gasteiger partial charge in [0.2, 0.25) is 0 Å². The van der Waals surface area contributed by atoms with Crippen LogP contribution in [0.25, 0.3) is 0 Å². The summed E-state index contributed by atoms with van der Waals surface area (Å²) in [6.45, 7) is 2.13. The van der Waals surface area contributed by atoms with Crippen molar-refractivity contribution in [1.82, 2.24) is 0 Å². The second kappa shape index (κ2) is 11.6. The normalized spacial score (nSPS) is 32.8. The minimum Gasteiger partial charge on any atom is -0.459 e. The molecule has 5 nitrogen and oxygen atoms in total. The smallest absolute Gasteiger partial charge is 0.330 e. The van der Waals surface area contributed by atoms with E-state index in [0.29, 0.717) is 12.8 Å². The van der Waals surface area contributed by atoms with Gasteiger partial charge in [-0.2, -0.15) is 0 Å². The van der Waals surface area contributed by atoms with Gasteiger partial charge in [-0.1, -0.05) is 25.8 Å². The Morgan fingerprint density at radius 1 is 1.09 bits per heavy atom. The van der Waals surface area contributed by atoms with Gasteiger partial charge in [0.25, 0.3) is 0 Å². The fraction of sp³-hybridized carbons (Fsp3) is 0.833. The quantitative estimate of drug-likeness (QED) is 0.545. The van der Waals surface area contributed by atoms with Gasteiger partial charge < -0.3 is 20.1 Å². The number of hydrogen-bond acceptors (Lipinski definition) is 5. The van der Waals surface area contributed by atoms with Crippen LogP contribution in [0, 0.1) is 0 Å². The number of carbonyl (C=O) groups is 1. The second-order valence-corrected chi connectivity index (χ2v) is 6.56. The van der Waals surface area contributed by atoms with Gasteiger partial charge in [-0.3, -0.25) is 0 Å². The van der Waals surface area contributed by atoms with E-state index >= 15 is 0 Å². The van der Waals surface area contributed by atoms with Crippen molar-refractivity contribution in [1.29, 1.82) is 0 Å². The van der Waals surface area contributed by atoms with Gasteiger partial charge in [-0.25, -0.2) is 4.79 Å². The Bertz CT molecular complexity index is 355. The lowest BCUT2D eigenvalue weighted by Crippen LogP contribution is -2.24. The van der Waals surface area contributed by atoms with Crippen LogP contribution in [0.2, 0.25) is 0 Å². The van der Waals surface area contributed by atoms with Crippen molar-refractivity contribution in [2.75, 3.05) is 0 Å². The molecule has 1 rings (SSSR count). The highest BCUT2D eigenvalue weighted by Crippen LogP contribution is 2.18. The first-order valence-corrected chi connectivity index (χ1v) is 8.92. The molecule has 5 heteroatoms. The van der Waals surface area contributed by atoms with Crippen molar-refractivity contribution >= 4 is 5.97 Å². The number of cyclic esters (lactones) is 1. The molecule has 3 N–H and O–H groups in total. The number of esters is 1. The van der Waals surface area contributed by atoms with Gasteiger partial charge in [0.15, 0.2) is 0 Å². The first kappa shape index (κ1) is 20.1. The van der Waals surface area contributed by atoms with Crippen molar-refractivity contribution in [2.24, 2.45) is 0 Å². The molecular weight excluding hydrogens is 296 g/mol. The average molecular weight is 328 g/mol. The maximum absolute atomic E-state index is 11.8. The fourth-order valence-corrected chi connectivity index (χ4v) is 2.93. The zero-order chi connectivity index (χ0) is 17.1. The summed E-state index contributed by atoms with van der Waals surface area (Å²) in [5.74, 6) is -0.378. The SMILES string of the molecule is CCCCCC1CCC[C@@H](O)C[C@@H](O)C[C@H](O)C/C=C/C(=O)O1. The summed E-state index contributed by atoms with van der Waals surface area (Å²) >= 11 is 0. The lowest BCUT2D eigenvalue weighted by Gasteiger charge is -2.21. The lowest BCUT2D eigenvalue weighted by molar-refractivity contribution is -0.143. The molecule has 1 heterocycles. The topological polar surface area (TPSA) is 87.0 Å². The molecule has 0 aromatic rings. The van der Waals surface area contributed by atoms with Crippen LogP contribution in [0.1, 0.15) is 71.1 Å². The van der Waals surface area contributed by atoms with E-state index in [4.69, 9.17) is 4.74 Å². The van der Waals surface area contributed by atoms with Crippen LogP contribution in [0.4, 0.5) is 0 Å². The molecule has 1 unspecified atom stereocenters. The number of unbranched alkanes of at least 4 members (excludes halogenated alkanes) is 2. The molecule has 0 aromatic heterocycles. The van der Waals surface area contributed by atoms with Crippen LogP contribution in [0.15, 0.2) is 12.2 Å². The predicted octanol–water partition coefficient (Wildman–Crippen LogP) is 2.47. The molecule has 4 atom stereocenters. The van der Waals surface area contributed by atoms with Crippen LogP contribution in [-0.2, 0) is 9.53 Å². The number of aliphatic hydroxyl groups is 3. The highest BCUT2D eigenvalue weighted by atomic mass is 16.5. The molecule has 0 aromatic carbocycles. The molecule has 0 amide bonds. The molecule has 0 aliphatic carbocycles. The summed E-state index contributed by atoms with van der Waals surface area (Å²) in [6.07, 6.45) is 7.76. The van der Waals surface area contributed by atoms with E-state index in [9.17, 15) is 20.1 Å². The van der Waals surface area contributed by atoms with E-state index in [0.717, 1.165) is 38.5 Å². The standard InChI is InChI=1S/C18H32O5/c1-2-3-4-9-17-10-5-7-14(19)12-16(21)13-15(20)8-6-11-18(22)23-17/h6,11,14-17,19-21H,2-5,7-10,12-13H2,1H3/b11-6+/t14-,15-,16-,17?/m1/s1. The van der Waals surface area contributed by atoms with Crippen molar-refractivity contribution < 1.29 is 24.9 Å². The third-order valence-corrected chi connectivity index (χ3v) is 4.23. The van der Waals surface area contributed by atoms with Gasteiger partial charge in [0.1, 0.15) is 6.10 Å². The average Bonchev–Trinajstić information content (AvgIpc) is 2.46. The third-order valence-electron chi connectivity index (χ3n) is 4.23. The Balaban J connectivity index is 2.61. The minimum absolute atomic E-state index is 0.122. The monoisotopic (exact) mass is 328 g/mol. The highest BCUT2D eigenvalue weighted by molar-refractivity contribution is 5.82. The van der Waals surface area contributed by atoms with E-state index in [-0.39, 0.29) is 24.9 Å². The molecule has 0 radical (unpaired) electrons. The highest BCUT2D eigenvalue weighted by Gasteiger charge is 2.18. The maximum Gasteiger partial charge on any atom is 0.330 e. The molecule has 0 saturated carbocycles. The van der Waals surface area contributed by atoms with Crippen LogP contribution in [-0.4, -0.2) is 45.7 Å². The van der Waals surface area contributed by atoms with E-state index in [2.05, 4.69) is 6.92 Å². The van der Waals surface area contributed by atoms with Gasteiger partial charge in [-0.05, 0) is 51.4 Å². The molecule has 1 aliphatic rings. The van der Waals surface area contributed by atoms with Crippen LogP contribution >= 0.6 is 0 Å². The molecular formula is C18H32O5. The summed E-state index contributed by atoms with van der Waals surface area (Å²) in [6, 6.07) is 0. The lowest BCUT2D eigenvalue weighted by atomic mass is 9.98. The van der Waals surface area contributed by atoms with Crippen molar-refractivity contribution in [3.05, 3.63) is 12.2 Å². The van der Waals surface area contributed by atoms with E-state index in [1.54, 1.807) is 6.08 Å². The Kier molecular flexibility index (Phi) is 10.2. The van der Waals surface area contributed by atoms with Crippen LogP contribution < -0.4 is 0 Å². The number of ether oxygens (including phenoxy) is 1. The summed E-state index contributed by atoms with van der Waals surface area (Å²) in [5.41, 5.74) is 0. The summed E-state index contributed by atoms with van der Waals surface area (Å²) in [7, 11) is 0. The van der Waals surface area contributed by atoms with Gasteiger partial charge in [0, 0.05) is 6.08 Å². The number of carbonyl (C=O) groups excluding carboxylic acids is 1. The summed E-state index contributed by atoms with van der Waals surface area (Å²) in [4.78, 5) is 11.8. The minimum atomic E-state index is -0.719. The second-order valence-electron chi connectivity index (χ2n) is 6.56. The molecule has 1 aliphatic heterocycles. The molecule has 23 heavy (non-hydrogen) atoms. The van der Waals surface area contributed by atoms with Gasteiger partial charge >= 0.3 is 5.97 Å². The molecule has 0 fully saturated rings. The molecule has 0 saturated heterocycles. The van der Waals surface area contributed by atoms with Gasteiger partial charge in [0.05, 0.1) is 18.3 Å². The van der Waals surface area contributed by atoms with E-state index in [1.807, 2.05) is 0 Å². The van der Waals surface area contributed by atoms with Crippen molar-refractivity contribution in [2.45, 2.75) is 95.5 Å². The maximum atomic E-state index is 11.8. The first-order valence-electron chi connectivity index (χ1n) is 8.92. The number of aliphatic hydroxyl groups excluding tert-OH is 3.